The van der Waals surface area contributed by atoms with Crippen LogP contribution in [-0.2, 0) is 14.9 Å². The Morgan fingerprint density at radius 3 is 2.11 bits per heavy atom. The minimum absolute atomic E-state index is 0.0770. The fourth-order valence-corrected chi connectivity index (χ4v) is 8.75. The van der Waals surface area contributed by atoms with E-state index in [2.05, 4.69) is 24.3 Å². The zero-order chi connectivity index (χ0) is 29.8. The summed E-state index contributed by atoms with van der Waals surface area (Å²) in [5, 5.41) is 0. The van der Waals surface area contributed by atoms with Crippen molar-refractivity contribution < 1.29 is 18.7 Å². The van der Waals surface area contributed by atoms with Crippen LogP contribution in [0.5, 0.6) is 0 Å². The summed E-state index contributed by atoms with van der Waals surface area (Å²) in [7, 11) is 1.37. The highest BCUT2D eigenvalue weighted by Gasteiger charge is 2.51. The Kier molecular flexibility index (Phi) is 6.44. The minimum Gasteiger partial charge on any atom is -0.465 e. The monoisotopic (exact) mass is 581 g/mol. The molecule has 5 aliphatic rings. The zero-order valence-corrected chi connectivity index (χ0v) is 24.9. The van der Waals surface area contributed by atoms with Crippen LogP contribution >= 0.6 is 0 Å². The second-order valence-electron chi connectivity index (χ2n) is 13.2. The third-order valence-electron chi connectivity index (χ3n) is 10.3. The SMILES string of the molecule is COC(=O)c1ccc(-c2ccc(/C=C3\C=C(c4ccccc4)N(c4ccc(C56CC7CC(CC(C7)C5)C6)cc4)C3=O)o2)cc1. The van der Waals surface area contributed by atoms with Gasteiger partial charge in [0.2, 0.25) is 0 Å². The van der Waals surface area contributed by atoms with Crippen molar-refractivity contribution in [2.45, 2.75) is 43.9 Å². The van der Waals surface area contributed by atoms with Crippen LogP contribution in [0.25, 0.3) is 23.1 Å². The number of hydrogen-bond acceptors (Lipinski definition) is 4. The van der Waals surface area contributed by atoms with Crippen molar-refractivity contribution >= 4 is 29.3 Å². The van der Waals surface area contributed by atoms with Crippen molar-refractivity contribution in [3.63, 3.8) is 0 Å². The quantitative estimate of drug-likeness (QED) is 0.169. The van der Waals surface area contributed by atoms with E-state index in [4.69, 9.17) is 9.15 Å². The molecule has 44 heavy (non-hydrogen) atoms. The number of nitrogens with zero attached hydrogens (tertiary/aromatic N) is 1. The molecule has 0 spiro atoms. The normalized spacial score (nSPS) is 26.3. The molecule has 4 aliphatic carbocycles. The molecule has 0 radical (unpaired) electrons. The van der Waals surface area contributed by atoms with Crippen molar-refractivity contribution in [3.8, 4) is 11.3 Å². The van der Waals surface area contributed by atoms with Crippen LogP contribution in [0, 0.1) is 17.8 Å². The Balaban J connectivity index is 1.09. The average molecular weight is 582 g/mol. The number of rotatable bonds is 6. The van der Waals surface area contributed by atoms with Crippen LogP contribution in [0.1, 0.15) is 65.8 Å². The number of benzene rings is 3. The summed E-state index contributed by atoms with van der Waals surface area (Å²) in [5.74, 6) is 3.46. The standard InChI is InChI=1S/C39H35NO4/c1-43-38(42)30-9-7-29(8-10-30)36-16-15-34(44-36)20-31-21-35(28-5-3-2-4-6-28)40(37(31)41)33-13-11-32(12-14-33)39-22-25-17-26(23-39)19-27(18-25)24-39/h2-16,20-21,25-27H,17-19,22-24H2,1H3/b31-20+. The van der Waals surface area contributed by atoms with E-state index in [1.807, 2.05) is 65.6 Å². The molecule has 220 valence electrons. The lowest BCUT2D eigenvalue weighted by Gasteiger charge is -2.57. The summed E-state index contributed by atoms with van der Waals surface area (Å²) >= 11 is 0. The predicted octanol–water partition coefficient (Wildman–Crippen LogP) is 8.67. The van der Waals surface area contributed by atoms with Gasteiger partial charge in [0.25, 0.3) is 5.91 Å². The largest absolute Gasteiger partial charge is 0.465 e. The maximum Gasteiger partial charge on any atom is 0.337 e. The summed E-state index contributed by atoms with van der Waals surface area (Å²) in [5.41, 5.74) is 6.38. The molecule has 4 fully saturated rings. The highest BCUT2D eigenvalue weighted by atomic mass is 16.5. The third kappa shape index (κ3) is 4.62. The van der Waals surface area contributed by atoms with Crippen molar-refractivity contribution in [2.24, 2.45) is 17.8 Å². The second kappa shape index (κ2) is 10.5. The number of methoxy groups -OCH3 is 1. The molecule has 5 heteroatoms. The van der Waals surface area contributed by atoms with Crippen molar-refractivity contribution in [1.29, 1.82) is 0 Å². The Labute approximate surface area is 257 Å². The summed E-state index contributed by atoms with van der Waals surface area (Å²) in [4.78, 5) is 27.7. The predicted molar refractivity (Wildman–Crippen MR) is 172 cm³/mol. The number of carbonyl (C=O) groups is 2. The summed E-state index contributed by atoms with van der Waals surface area (Å²) in [6.45, 7) is 0. The molecule has 0 unspecified atom stereocenters. The number of ether oxygens (including phenoxy) is 1. The molecule has 9 rings (SSSR count). The molecule has 1 aliphatic heterocycles. The number of esters is 1. The van der Waals surface area contributed by atoms with Gasteiger partial charge in [0.1, 0.15) is 11.5 Å². The van der Waals surface area contributed by atoms with Gasteiger partial charge in [-0.1, -0.05) is 54.6 Å². The van der Waals surface area contributed by atoms with Crippen LogP contribution in [-0.4, -0.2) is 19.0 Å². The molecule has 4 aromatic rings. The van der Waals surface area contributed by atoms with Crippen molar-refractivity contribution in [1.82, 2.24) is 0 Å². The third-order valence-corrected chi connectivity index (χ3v) is 10.3. The van der Waals surface area contributed by atoms with E-state index in [9.17, 15) is 9.59 Å². The van der Waals surface area contributed by atoms with Crippen LogP contribution < -0.4 is 4.90 Å². The summed E-state index contributed by atoms with van der Waals surface area (Å²) < 4.78 is 10.9. The van der Waals surface area contributed by atoms with Gasteiger partial charge >= 0.3 is 5.97 Å². The number of anilines is 1. The maximum atomic E-state index is 14.0. The van der Waals surface area contributed by atoms with Crippen LogP contribution in [0.15, 0.2) is 107 Å². The van der Waals surface area contributed by atoms with E-state index in [1.54, 1.807) is 18.2 Å². The Morgan fingerprint density at radius 2 is 1.48 bits per heavy atom. The molecular formula is C39H35NO4. The first-order valence-corrected chi connectivity index (χ1v) is 15.7. The van der Waals surface area contributed by atoms with Gasteiger partial charge in [-0.2, -0.15) is 0 Å². The lowest BCUT2D eigenvalue weighted by Crippen LogP contribution is -2.48. The second-order valence-corrected chi connectivity index (χ2v) is 13.2. The van der Waals surface area contributed by atoms with Gasteiger partial charge in [0.05, 0.1) is 18.4 Å². The molecule has 2 heterocycles. The first-order chi connectivity index (χ1) is 21.5. The van der Waals surface area contributed by atoms with Crippen LogP contribution in [0.2, 0.25) is 0 Å². The van der Waals surface area contributed by atoms with E-state index >= 15 is 0 Å². The van der Waals surface area contributed by atoms with E-state index < -0.39 is 0 Å². The van der Waals surface area contributed by atoms with Crippen molar-refractivity contribution in [2.75, 3.05) is 12.0 Å². The number of amides is 1. The molecular weight excluding hydrogens is 546 g/mol. The van der Waals surface area contributed by atoms with Crippen molar-refractivity contribution in [3.05, 3.63) is 125 Å². The zero-order valence-electron chi connectivity index (χ0n) is 24.9. The van der Waals surface area contributed by atoms with E-state index in [0.717, 1.165) is 40.3 Å². The first kappa shape index (κ1) is 26.9. The van der Waals surface area contributed by atoms with E-state index in [-0.39, 0.29) is 11.9 Å². The molecule has 4 bridgehead atoms. The van der Waals surface area contributed by atoms with Crippen LogP contribution in [0.4, 0.5) is 5.69 Å². The van der Waals surface area contributed by atoms with Crippen LogP contribution in [0.3, 0.4) is 0 Å². The topological polar surface area (TPSA) is 59.8 Å². The molecule has 0 atom stereocenters. The van der Waals surface area contributed by atoms with E-state index in [0.29, 0.717) is 28.1 Å². The van der Waals surface area contributed by atoms with Gasteiger partial charge in [0, 0.05) is 16.8 Å². The fourth-order valence-electron chi connectivity index (χ4n) is 8.75. The lowest BCUT2D eigenvalue weighted by molar-refractivity contribution is -0.113. The van der Waals surface area contributed by atoms with Gasteiger partial charge in [0.15, 0.2) is 0 Å². The maximum absolute atomic E-state index is 14.0. The first-order valence-electron chi connectivity index (χ1n) is 15.7. The molecule has 0 saturated heterocycles. The molecule has 1 amide bonds. The van der Waals surface area contributed by atoms with Gasteiger partial charge < -0.3 is 9.15 Å². The summed E-state index contributed by atoms with van der Waals surface area (Å²) in [6, 6.07) is 29.8. The van der Waals surface area contributed by atoms with Gasteiger partial charge in [-0.05, 0) is 121 Å². The number of furan rings is 1. The highest BCUT2D eigenvalue weighted by molar-refractivity contribution is 6.23. The Morgan fingerprint density at radius 1 is 0.818 bits per heavy atom. The smallest absolute Gasteiger partial charge is 0.337 e. The number of carbonyl (C=O) groups excluding carboxylic acids is 2. The highest BCUT2D eigenvalue weighted by Crippen LogP contribution is 2.60. The minimum atomic E-state index is -0.380. The molecule has 1 aromatic heterocycles. The molecule has 4 saturated carbocycles. The average Bonchev–Trinajstić information content (AvgIpc) is 3.65. The molecule has 5 nitrogen and oxygen atoms in total. The fraction of sp³-hybridized carbons (Fsp3) is 0.282. The molecule has 3 aromatic carbocycles. The Hall–Kier alpha value is -4.64. The van der Waals surface area contributed by atoms with E-state index in [1.165, 1.54) is 51.2 Å². The van der Waals surface area contributed by atoms with Gasteiger partial charge in [-0.25, -0.2) is 4.79 Å². The van der Waals surface area contributed by atoms with Gasteiger partial charge in [-0.15, -0.1) is 0 Å². The Bertz CT molecular complexity index is 1760. The molecule has 0 N–H and O–H groups in total. The van der Waals surface area contributed by atoms with Gasteiger partial charge in [-0.3, -0.25) is 9.69 Å². The lowest BCUT2D eigenvalue weighted by atomic mass is 9.48. The summed E-state index contributed by atoms with van der Waals surface area (Å²) in [6.07, 6.45) is 12.0. The number of hydrogen-bond donors (Lipinski definition) is 0.